The molecule has 3 aromatic rings. The molecule has 2 heterocycles. The number of rotatable bonds is 1. The van der Waals surface area contributed by atoms with Crippen LogP contribution in [0.1, 0.15) is 29.9 Å². The summed E-state index contributed by atoms with van der Waals surface area (Å²) in [4.78, 5) is 20.6. The first-order valence-corrected chi connectivity index (χ1v) is 9.64. The summed E-state index contributed by atoms with van der Waals surface area (Å²) in [5.74, 6) is -1.27. The molecule has 1 unspecified atom stereocenters. The lowest BCUT2D eigenvalue weighted by Crippen LogP contribution is -2.18. The van der Waals surface area contributed by atoms with Gasteiger partial charge in [0.2, 0.25) is 0 Å². The third-order valence-electron chi connectivity index (χ3n) is 4.37. The monoisotopic (exact) mass is 483 g/mol. The first kappa shape index (κ1) is 19.2. The van der Waals surface area contributed by atoms with E-state index in [1.54, 1.807) is 23.6 Å². The lowest BCUT2D eigenvalue weighted by Gasteiger charge is -2.16. The topological polar surface area (TPSA) is 47.2 Å². The van der Waals surface area contributed by atoms with E-state index in [-0.39, 0.29) is 31.4 Å². The van der Waals surface area contributed by atoms with E-state index in [1.807, 2.05) is 0 Å². The van der Waals surface area contributed by atoms with Gasteiger partial charge in [-0.3, -0.25) is 9.79 Å². The highest BCUT2D eigenvalue weighted by Gasteiger charge is 2.29. The third-order valence-corrected chi connectivity index (χ3v) is 5.72. The molecule has 0 aliphatic carbocycles. The van der Waals surface area contributed by atoms with Gasteiger partial charge in [0.05, 0.1) is 27.0 Å². The molecule has 0 saturated heterocycles. The zero-order valence-electron chi connectivity index (χ0n) is 14.2. The van der Waals surface area contributed by atoms with Crippen LogP contribution in [0.5, 0.6) is 0 Å². The molecule has 0 N–H and O–H groups in total. The molecular weight excluding hydrogens is 475 g/mol. The number of aliphatic imine (C=N–C) groups is 1. The zero-order chi connectivity index (χ0) is 20.2. The van der Waals surface area contributed by atoms with Crippen LogP contribution < -0.4 is 5.56 Å². The summed E-state index contributed by atoms with van der Waals surface area (Å²) in [6.45, 7) is 1.67. The molecule has 0 fully saturated rings. The van der Waals surface area contributed by atoms with E-state index in [2.05, 4.69) is 25.9 Å². The highest BCUT2D eigenvalue weighted by atomic mass is 79.9. The van der Waals surface area contributed by atoms with Crippen molar-refractivity contribution in [2.45, 2.75) is 13.0 Å². The van der Waals surface area contributed by atoms with Crippen LogP contribution in [0.25, 0.3) is 5.69 Å². The van der Waals surface area contributed by atoms with Gasteiger partial charge < -0.3 is 4.57 Å². The molecule has 0 saturated carbocycles. The highest BCUT2D eigenvalue weighted by Crippen LogP contribution is 2.38. The number of hydrogen-bond donors (Lipinski definition) is 0. The Hall–Kier alpha value is -2.09. The summed E-state index contributed by atoms with van der Waals surface area (Å²) < 4.78 is 31.0. The molecule has 9 heteroatoms. The smallest absolute Gasteiger partial charge is 0.287 e. The summed E-state index contributed by atoms with van der Waals surface area (Å²) in [7, 11) is 0. The van der Waals surface area contributed by atoms with E-state index >= 15 is 0 Å². The van der Waals surface area contributed by atoms with E-state index in [0.29, 0.717) is 11.5 Å². The van der Waals surface area contributed by atoms with Crippen molar-refractivity contribution in [3.63, 3.8) is 0 Å². The highest BCUT2D eigenvalue weighted by molar-refractivity contribution is 9.10. The molecule has 1 aliphatic heterocycles. The number of halogens is 5. The molecule has 4 rings (SSSR count). The Morgan fingerprint density at radius 2 is 1.79 bits per heavy atom. The predicted molar refractivity (Wildman–Crippen MR) is 108 cm³/mol. The van der Waals surface area contributed by atoms with Gasteiger partial charge in [0.25, 0.3) is 5.56 Å². The average molecular weight is 485 g/mol. The molecule has 0 amide bonds. The van der Waals surface area contributed by atoms with E-state index in [9.17, 15) is 13.6 Å². The Morgan fingerprint density at radius 1 is 1.11 bits per heavy atom. The van der Waals surface area contributed by atoms with E-state index in [4.69, 9.17) is 23.2 Å². The predicted octanol–water partition coefficient (Wildman–Crippen LogP) is 5.49. The second-order valence-corrected chi connectivity index (χ2v) is 7.77. The van der Waals surface area contributed by atoms with Crippen molar-refractivity contribution in [3.8, 4) is 5.69 Å². The largest absolute Gasteiger partial charge is 0.301 e. The van der Waals surface area contributed by atoms with E-state index < -0.39 is 23.2 Å². The number of aromatic nitrogens is 2. The summed E-state index contributed by atoms with van der Waals surface area (Å²) in [6, 6.07) is 6.05. The lowest BCUT2D eigenvalue weighted by molar-refractivity contribution is 0.578. The van der Waals surface area contributed by atoms with Crippen LogP contribution in [0.4, 0.5) is 8.78 Å². The molecule has 4 nitrogen and oxygen atoms in total. The molecule has 28 heavy (non-hydrogen) atoms. The summed E-state index contributed by atoms with van der Waals surface area (Å²) in [5.41, 5.74) is -0.103. The number of fused-ring (bicyclic) bond motifs is 3. The number of hydrogen-bond acceptors (Lipinski definition) is 3. The number of benzene rings is 2. The first-order valence-electron chi connectivity index (χ1n) is 8.09. The van der Waals surface area contributed by atoms with Gasteiger partial charge in [0.1, 0.15) is 28.0 Å². The van der Waals surface area contributed by atoms with Gasteiger partial charge in [0.15, 0.2) is 0 Å². The summed E-state index contributed by atoms with van der Waals surface area (Å²) in [5, 5.41) is 0.296. The van der Waals surface area contributed by atoms with Crippen molar-refractivity contribution in [1.82, 2.24) is 9.55 Å². The van der Waals surface area contributed by atoms with Crippen molar-refractivity contribution in [3.05, 3.63) is 90.0 Å². The maximum absolute atomic E-state index is 14.6. The normalized spacial score (nSPS) is 15.5. The van der Waals surface area contributed by atoms with Crippen LogP contribution in [-0.2, 0) is 0 Å². The Labute approximate surface area is 176 Å². The van der Waals surface area contributed by atoms with Crippen molar-refractivity contribution in [2.24, 2.45) is 4.99 Å². The van der Waals surface area contributed by atoms with E-state index in [1.165, 1.54) is 12.3 Å². The van der Waals surface area contributed by atoms with Gasteiger partial charge in [-0.2, -0.15) is 4.98 Å². The quantitative estimate of drug-likeness (QED) is 0.458. The second kappa shape index (κ2) is 7.06. The van der Waals surface area contributed by atoms with Gasteiger partial charge in [-0.05, 0) is 47.1 Å². The molecule has 1 aliphatic rings. The minimum atomic E-state index is -0.789. The molecule has 0 radical (unpaired) electrons. The fraction of sp³-hybridized carbons (Fsp3) is 0.105. The van der Waals surface area contributed by atoms with Crippen LogP contribution in [0.3, 0.4) is 0 Å². The van der Waals surface area contributed by atoms with Crippen LogP contribution >= 0.6 is 39.1 Å². The first-order chi connectivity index (χ1) is 13.3. The Balaban J connectivity index is 2.17. The lowest BCUT2D eigenvalue weighted by atomic mass is 9.99. The Morgan fingerprint density at radius 3 is 2.46 bits per heavy atom. The standard InChI is InChI=1S/C19H10BrCl2F2N3O/c1-8-18-26-19(28)9(20)7-27(18)13-6-5-10(21)16(22)15(13)17(25-8)14-11(23)3-2-4-12(14)24/h2-8H,1H3. The molecule has 0 bridgehead atoms. The second-order valence-electron chi connectivity index (χ2n) is 6.13. The van der Waals surface area contributed by atoms with Gasteiger partial charge >= 0.3 is 0 Å². The minimum absolute atomic E-state index is 0.000304. The maximum Gasteiger partial charge on any atom is 0.287 e. The van der Waals surface area contributed by atoms with Crippen LogP contribution in [0.2, 0.25) is 10.0 Å². The van der Waals surface area contributed by atoms with Gasteiger partial charge in [0, 0.05) is 11.8 Å². The third kappa shape index (κ3) is 2.98. The van der Waals surface area contributed by atoms with Gasteiger partial charge in [-0.15, -0.1) is 0 Å². The Kier molecular flexibility index (Phi) is 4.85. The average Bonchev–Trinajstić information content (AvgIpc) is 2.75. The van der Waals surface area contributed by atoms with Crippen molar-refractivity contribution < 1.29 is 8.78 Å². The molecule has 1 atom stereocenters. The fourth-order valence-corrected chi connectivity index (χ4v) is 3.83. The van der Waals surface area contributed by atoms with Crippen LogP contribution in [-0.4, -0.2) is 15.3 Å². The van der Waals surface area contributed by atoms with Gasteiger partial charge in [-0.1, -0.05) is 29.3 Å². The maximum atomic E-state index is 14.6. The number of nitrogens with zero attached hydrogens (tertiary/aromatic N) is 3. The Bertz CT molecular complexity index is 1210. The summed E-state index contributed by atoms with van der Waals surface area (Å²) >= 11 is 15.8. The SMILES string of the molecule is CC1N=C(c2c(F)cccc2F)c2c(ccc(Cl)c2Cl)-n2cc(Br)c(=O)nc21. The summed E-state index contributed by atoms with van der Waals surface area (Å²) in [6.07, 6.45) is 1.53. The molecule has 1 aromatic heterocycles. The minimum Gasteiger partial charge on any atom is -0.301 e. The van der Waals surface area contributed by atoms with Crippen molar-refractivity contribution >= 4 is 44.8 Å². The van der Waals surface area contributed by atoms with Crippen LogP contribution in [0, 0.1) is 11.6 Å². The molecular formula is C19H10BrCl2F2N3O. The van der Waals surface area contributed by atoms with Crippen molar-refractivity contribution in [1.29, 1.82) is 0 Å². The zero-order valence-corrected chi connectivity index (χ0v) is 17.3. The molecule has 0 spiro atoms. The van der Waals surface area contributed by atoms with Crippen molar-refractivity contribution in [2.75, 3.05) is 0 Å². The molecule has 142 valence electrons. The van der Waals surface area contributed by atoms with E-state index in [0.717, 1.165) is 12.1 Å². The molecule has 2 aromatic carbocycles. The van der Waals surface area contributed by atoms with Gasteiger partial charge in [-0.25, -0.2) is 8.78 Å². The fourth-order valence-electron chi connectivity index (χ4n) is 3.13. The van der Waals surface area contributed by atoms with Crippen LogP contribution in [0.15, 0.2) is 50.8 Å².